The molecule has 1 saturated heterocycles. The summed E-state index contributed by atoms with van der Waals surface area (Å²) in [6.07, 6.45) is 3.04. The topological polar surface area (TPSA) is 29.1 Å². The lowest BCUT2D eigenvalue weighted by atomic mass is 9.92. The van der Waals surface area contributed by atoms with Gasteiger partial charge in [-0.2, -0.15) is 0 Å². The number of nitrogens with one attached hydrogen (secondary N) is 1. The summed E-state index contributed by atoms with van der Waals surface area (Å²) in [4.78, 5) is 13.0. The quantitative estimate of drug-likeness (QED) is 0.798. The lowest BCUT2D eigenvalue weighted by Crippen LogP contribution is -2.28. The van der Waals surface area contributed by atoms with E-state index in [1.165, 1.54) is 0 Å². The Morgan fingerprint density at radius 2 is 2.27 bits per heavy atom. The van der Waals surface area contributed by atoms with Crippen molar-refractivity contribution >= 4 is 17.1 Å². The third-order valence-electron chi connectivity index (χ3n) is 3.05. The Balaban J connectivity index is 1.94. The summed E-state index contributed by atoms with van der Waals surface area (Å²) in [5.74, 6) is 0.939. The number of thiophene rings is 1. The van der Waals surface area contributed by atoms with E-state index in [4.69, 9.17) is 0 Å². The number of piperidine rings is 1. The minimum Gasteiger partial charge on any atom is -0.317 e. The maximum Gasteiger partial charge on any atom is 0.173 e. The molecule has 1 aliphatic heterocycles. The van der Waals surface area contributed by atoms with Gasteiger partial charge in [-0.1, -0.05) is 0 Å². The molecule has 1 N–H and O–H groups in total. The molecule has 1 aromatic heterocycles. The number of hydrogen-bond acceptors (Lipinski definition) is 3. The highest BCUT2D eigenvalue weighted by atomic mass is 32.1. The molecular formula is C12H17NOS. The van der Waals surface area contributed by atoms with Crippen molar-refractivity contribution in [3.8, 4) is 0 Å². The summed E-state index contributed by atoms with van der Waals surface area (Å²) in [5, 5.41) is 5.33. The maximum absolute atomic E-state index is 12.0. The zero-order valence-electron chi connectivity index (χ0n) is 9.08. The number of Topliss-reactive ketones (excluding diaryl/α,β-unsaturated/α-hetero) is 1. The van der Waals surface area contributed by atoms with E-state index in [0.717, 1.165) is 42.8 Å². The Morgan fingerprint density at radius 3 is 2.87 bits per heavy atom. The number of aryl methyl sites for hydroxylation is 1. The van der Waals surface area contributed by atoms with Crippen molar-refractivity contribution in [1.29, 1.82) is 0 Å². The molecule has 0 bridgehead atoms. The standard InChI is InChI=1S/C12H17NOS/c1-9-4-7-15-12(9)11(14)8-10-2-5-13-6-3-10/h4,7,10,13H,2-3,5-6,8H2,1H3. The van der Waals surface area contributed by atoms with E-state index in [1.807, 2.05) is 18.4 Å². The molecule has 1 aromatic rings. The lowest BCUT2D eigenvalue weighted by molar-refractivity contribution is 0.0956. The summed E-state index contributed by atoms with van der Waals surface area (Å²) < 4.78 is 0. The number of rotatable bonds is 3. The van der Waals surface area contributed by atoms with Crippen molar-refractivity contribution in [3.05, 3.63) is 21.9 Å². The van der Waals surface area contributed by atoms with Gasteiger partial charge in [0.25, 0.3) is 0 Å². The molecule has 0 saturated carbocycles. The summed E-state index contributed by atoms with van der Waals surface area (Å²) in [6.45, 7) is 4.16. The highest BCUT2D eigenvalue weighted by Gasteiger charge is 2.19. The van der Waals surface area contributed by atoms with Gasteiger partial charge < -0.3 is 5.32 Å². The van der Waals surface area contributed by atoms with Crippen LogP contribution < -0.4 is 5.32 Å². The molecule has 0 unspecified atom stereocenters. The molecule has 1 fully saturated rings. The van der Waals surface area contributed by atoms with Gasteiger partial charge in [0, 0.05) is 6.42 Å². The molecule has 82 valence electrons. The summed E-state index contributed by atoms with van der Waals surface area (Å²) >= 11 is 1.58. The lowest BCUT2D eigenvalue weighted by Gasteiger charge is -2.21. The SMILES string of the molecule is Cc1ccsc1C(=O)CC1CCNCC1. The van der Waals surface area contributed by atoms with Crippen LogP contribution >= 0.6 is 11.3 Å². The fraction of sp³-hybridized carbons (Fsp3) is 0.583. The smallest absolute Gasteiger partial charge is 0.173 e. The minimum absolute atomic E-state index is 0.342. The monoisotopic (exact) mass is 223 g/mol. The fourth-order valence-corrected chi connectivity index (χ4v) is 2.98. The predicted molar refractivity (Wildman–Crippen MR) is 63.6 cm³/mol. The van der Waals surface area contributed by atoms with Gasteiger partial charge in [0.2, 0.25) is 0 Å². The van der Waals surface area contributed by atoms with Gasteiger partial charge in [-0.25, -0.2) is 0 Å². The van der Waals surface area contributed by atoms with Crippen molar-refractivity contribution in [3.63, 3.8) is 0 Å². The summed E-state index contributed by atoms with van der Waals surface area (Å²) in [6, 6.07) is 2.03. The highest BCUT2D eigenvalue weighted by Crippen LogP contribution is 2.23. The Kier molecular flexibility index (Phi) is 3.54. The Labute approximate surface area is 94.7 Å². The molecule has 2 nitrogen and oxygen atoms in total. The van der Waals surface area contributed by atoms with Crippen LogP contribution in [0.2, 0.25) is 0 Å². The zero-order chi connectivity index (χ0) is 10.7. The molecule has 15 heavy (non-hydrogen) atoms. The van der Waals surface area contributed by atoms with E-state index in [9.17, 15) is 4.79 Å². The highest BCUT2D eigenvalue weighted by molar-refractivity contribution is 7.12. The van der Waals surface area contributed by atoms with Crippen LogP contribution in [-0.4, -0.2) is 18.9 Å². The van der Waals surface area contributed by atoms with Crippen molar-refractivity contribution in [1.82, 2.24) is 5.32 Å². The number of carbonyl (C=O) groups is 1. The van der Waals surface area contributed by atoms with Crippen molar-refractivity contribution in [2.75, 3.05) is 13.1 Å². The van der Waals surface area contributed by atoms with Crippen LogP contribution in [0.5, 0.6) is 0 Å². The van der Waals surface area contributed by atoms with Gasteiger partial charge in [-0.15, -0.1) is 11.3 Å². The summed E-state index contributed by atoms with van der Waals surface area (Å²) in [5.41, 5.74) is 1.14. The van der Waals surface area contributed by atoms with Gasteiger partial charge in [0.05, 0.1) is 4.88 Å². The third-order valence-corrected chi connectivity index (χ3v) is 4.11. The molecule has 3 heteroatoms. The molecular weight excluding hydrogens is 206 g/mol. The van der Waals surface area contributed by atoms with Crippen LogP contribution in [0.25, 0.3) is 0 Å². The van der Waals surface area contributed by atoms with E-state index >= 15 is 0 Å². The number of hydrogen-bond donors (Lipinski definition) is 1. The van der Waals surface area contributed by atoms with Crippen LogP contribution in [0.15, 0.2) is 11.4 Å². The molecule has 0 spiro atoms. The second-order valence-corrected chi connectivity index (χ2v) is 5.17. The molecule has 0 amide bonds. The van der Waals surface area contributed by atoms with Gasteiger partial charge >= 0.3 is 0 Å². The first-order chi connectivity index (χ1) is 7.27. The Morgan fingerprint density at radius 1 is 1.53 bits per heavy atom. The second kappa shape index (κ2) is 4.90. The van der Waals surface area contributed by atoms with Gasteiger partial charge in [-0.05, 0) is 55.8 Å². The molecule has 2 rings (SSSR count). The fourth-order valence-electron chi connectivity index (χ4n) is 2.10. The van der Waals surface area contributed by atoms with Crippen molar-refractivity contribution in [2.45, 2.75) is 26.2 Å². The third kappa shape index (κ3) is 2.67. The van der Waals surface area contributed by atoms with Crippen LogP contribution in [0.4, 0.5) is 0 Å². The van der Waals surface area contributed by atoms with Crippen LogP contribution in [-0.2, 0) is 0 Å². The van der Waals surface area contributed by atoms with Gasteiger partial charge in [0.1, 0.15) is 0 Å². The average molecular weight is 223 g/mol. The largest absolute Gasteiger partial charge is 0.317 e. The summed E-state index contributed by atoms with van der Waals surface area (Å²) in [7, 11) is 0. The first-order valence-electron chi connectivity index (χ1n) is 5.55. The molecule has 0 aromatic carbocycles. The van der Waals surface area contributed by atoms with Crippen molar-refractivity contribution in [2.24, 2.45) is 5.92 Å². The van der Waals surface area contributed by atoms with E-state index in [-0.39, 0.29) is 0 Å². The van der Waals surface area contributed by atoms with Crippen LogP contribution in [0.3, 0.4) is 0 Å². The van der Waals surface area contributed by atoms with E-state index in [2.05, 4.69) is 5.32 Å². The Hall–Kier alpha value is -0.670. The normalized spacial score (nSPS) is 17.9. The van der Waals surface area contributed by atoms with E-state index in [1.54, 1.807) is 11.3 Å². The van der Waals surface area contributed by atoms with Crippen molar-refractivity contribution < 1.29 is 4.79 Å². The first-order valence-corrected chi connectivity index (χ1v) is 6.43. The average Bonchev–Trinajstić information content (AvgIpc) is 2.66. The number of ketones is 1. The second-order valence-electron chi connectivity index (χ2n) is 4.25. The van der Waals surface area contributed by atoms with E-state index in [0.29, 0.717) is 11.7 Å². The molecule has 0 radical (unpaired) electrons. The minimum atomic E-state index is 0.342. The van der Waals surface area contributed by atoms with E-state index < -0.39 is 0 Å². The first kappa shape index (κ1) is 10.8. The molecule has 1 aliphatic rings. The Bertz CT molecular complexity index is 339. The maximum atomic E-state index is 12.0. The zero-order valence-corrected chi connectivity index (χ0v) is 9.90. The van der Waals surface area contributed by atoms with Crippen LogP contribution in [0.1, 0.15) is 34.5 Å². The molecule has 0 aliphatic carbocycles. The predicted octanol–water partition coefficient (Wildman–Crippen LogP) is 2.63. The molecule has 2 heterocycles. The molecule has 0 atom stereocenters. The number of carbonyl (C=O) groups excluding carboxylic acids is 1. The van der Waals surface area contributed by atoms with Gasteiger partial charge in [0.15, 0.2) is 5.78 Å². The van der Waals surface area contributed by atoms with Gasteiger partial charge in [-0.3, -0.25) is 4.79 Å². The van der Waals surface area contributed by atoms with Crippen LogP contribution in [0, 0.1) is 12.8 Å².